The highest BCUT2D eigenvalue weighted by molar-refractivity contribution is 5.69. The molecule has 0 saturated carbocycles. The van der Waals surface area contributed by atoms with Crippen LogP contribution in [0, 0.1) is 13.8 Å². The Morgan fingerprint density at radius 2 is 1.83 bits per heavy atom. The molecule has 1 N–H and O–H groups in total. The number of hydrogen-bond acceptors (Lipinski definition) is 2. The third-order valence-corrected chi connectivity index (χ3v) is 3.12. The average Bonchev–Trinajstić information content (AvgIpc) is 2.25. The fraction of sp³-hybridized carbons (Fsp3) is 0.533. The molecule has 0 aliphatic carbocycles. The van der Waals surface area contributed by atoms with Crippen LogP contribution in [0.3, 0.4) is 0 Å². The largest absolute Gasteiger partial charge is 0.480 e. The van der Waals surface area contributed by atoms with Crippen molar-refractivity contribution in [2.45, 2.75) is 40.2 Å². The number of hydrogen-bond donors (Lipinski definition) is 1. The molecule has 1 aromatic rings. The predicted molar refractivity (Wildman–Crippen MR) is 73.8 cm³/mol. The Hall–Kier alpha value is -1.35. The second-order valence-corrected chi connectivity index (χ2v) is 4.96. The number of carbonyl (C=O) groups is 1. The molecular formula is C15H23NO2. The van der Waals surface area contributed by atoms with Gasteiger partial charge in [-0.3, -0.25) is 9.69 Å². The van der Waals surface area contributed by atoms with Crippen molar-refractivity contribution >= 4 is 5.97 Å². The molecule has 0 radical (unpaired) electrons. The van der Waals surface area contributed by atoms with Gasteiger partial charge < -0.3 is 5.11 Å². The molecule has 3 nitrogen and oxygen atoms in total. The summed E-state index contributed by atoms with van der Waals surface area (Å²) in [6, 6.07) is 6.56. The number of aliphatic carboxylic acids is 1. The Morgan fingerprint density at radius 3 is 2.28 bits per heavy atom. The van der Waals surface area contributed by atoms with Crippen molar-refractivity contribution in [2.24, 2.45) is 0 Å². The third-order valence-electron chi connectivity index (χ3n) is 3.12. The Labute approximate surface area is 109 Å². The minimum atomic E-state index is -0.764. The Morgan fingerprint density at radius 1 is 1.28 bits per heavy atom. The number of benzene rings is 1. The molecule has 1 aromatic carbocycles. The molecule has 1 atom stereocenters. The van der Waals surface area contributed by atoms with Gasteiger partial charge in [-0.25, -0.2) is 0 Å². The lowest BCUT2D eigenvalue weighted by Crippen LogP contribution is -2.33. The van der Waals surface area contributed by atoms with Gasteiger partial charge >= 0.3 is 5.97 Å². The minimum absolute atomic E-state index is 0.0992. The van der Waals surface area contributed by atoms with Crippen LogP contribution in [0.5, 0.6) is 0 Å². The maximum Gasteiger partial charge on any atom is 0.317 e. The second kappa shape index (κ2) is 6.55. The molecule has 0 bridgehead atoms. The fourth-order valence-corrected chi connectivity index (χ4v) is 2.33. The van der Waals surface area contributed by atoms with Gasteiger partial charge in [0.2, 0.25) is 0 Å². The zero-order chi connectivity index (χ0) is 13.7. The lowest BCUT2D eigenvalue weighted by molar-refractivity contribution is -0.138. The summed E-state index contributed by atoms with van der Waals surface area (Å²) in [6.45, 7) is 9.20. The smallest absolute Gasteiger partial charge is 0.317 e. The number of carboxylic acids is 1. The van der Waals surface area contributed by atoms with Gasteiger partial charge in [-0.15, -0.1) is 0 Å². The van der Waals surface area contributed by atoms with Gasteiger partial charge in [-0.05, 0) is 39.3 Å². The van der Waals surface area contributed by atoms with Crippen LogP contribution in [0.2, 0.25) is 0 Å². The molecule has 0 aliphatic rings. The molecule has 0 amide bonds. The van der Waals surface area contributed by atoms with Crippen LogP contribution in [0.1, 0.15) is 43.0 Å². The molecule has 3 heteroatoms. The van der Waals surface area contributed by atoms with Crippen LogP contribution in [0.15, 0.2) is 18.2 Å². The molecule has 1 unspecified atom stereocenters. The van der Waals surface area contributed by atoms with E-state index in [1.165, 1.54) is 16.7 Å². The summed E-state index contributed by atoms with van der Waals surface area (Å²) in [4.78, 5) is 12.9. The molecule has 0 aliphatic heterocycles. The topological polar surface area (TPSA) is 40.5 Å². The molecule has 0 heterocycles. The number of nitrogens with zero attached hydrogens (tertiary/aromatic N) is 1. The van der Waals surface area contributed by atoms with E-state index in [0.29, 0.717) is 0 Å². The van der Waals surface area contributed by atoms with E-state index < -0.39 is 5.97 Å². The van der Waals surface area contributed by atoms with Crippen molar-refractivity contribution in [1.29, 1.82) is 0 Å². The van der Waals surface area contributed by atoms with Crippen molar-refractivity contribution in [3.8, 4) is 0 Å². The summed E-state index contributed by atoms with van der Waals surface area (Å²) < 4.78 is 0. The van der Waals surface area contributed by atoms with Crippen molar-refractivity contribution in [3.63, 3.8) is 0 Å². The number of carboxylic acid groups (broad SMARTS) is 1. The highest BCUT2D eigenvalue weighted by Crippen LogP contribution is 2.22. The lowest BCUT2D eigenvalue weighted by Gasteiger charge is -2.28. The summed E-state index contributed by atoms with van der Waals surface area (Å²) in [7, 11) is 0. The van der Waals surface area contributed by atoms with Gasteiger partial charge in [0.05, 0.1) is 6.54 Å². The molecule has 0 spiro atoms. The maximum atomic E-state index is 10.9. The van der Waals surface area contributed by atoms with Crippen LogP contribution < -0.4 is 0 Å². The standard InChI is InChI=1S/C15H23NO2/c1-5-6-16(10-15(17)18)13(4)14-8-11(2)7-12(3)9-14/h7-9,13H,5-6,10H2,1-4H3,(H,17,18). The molecule has 100 valence electrons. The van der Waals surface area contributed by atoms with Crippen LogP contribution in [-0.2, 0) is 4.79 Å². The first-order valence-corrected chi connectivity index (χ1v) is 6.48. The van der Waals surface area contributed by atoms with Gasteiger partial charge in [0.25, 0.3) is 0 Å². The van der Waals surface area contributed by atoms with Crippen molar-refractivity contribution in [2.75, 3.05) is 13.1 Å². The first kappa shape index (κ1) is 14.7. The Balaban J connectivity index is 2.93. The number of rotatable bonds is 6. The first-order valence-electron chi connectivity index (χ1n) is 6.48. The van der Waals surface area contributed by atoms with Gasteiger partial charge in [-0.1, -0.05) is 36.2 Å². The summed E-state index contributed by atoms with van der Waals surface area (Å²) in [6.07, 6.45) is 0.961. The Kier molecular flexibility index (Phi) is 5.35. The van der Waals surface area contributed by atoms with Crippen molar-refractivity contribution < 1.29 is 9.90 Å². The predicted octanol–water partition coefficient (Wildman–Crippen LogP) is 3.16. The van der Waals surface area contributed by atoms with E-state index in [1.807, 2.05) is 4.90 Å². The summed E-state index contributed by atoms with van der Waals surface area (Å²) >= 11 is 0. The van der Waals surface area contributed by atoms with E-state index in [0.717, 1.165) is 13.0 Å². The highest BCUT2D eigenvalue weighted by atomic mass is 16.4. The van der Waals surface area contributed by atoms with Crippen LogP contribution in [-0.4, -0.2) is 29.1 Å². The highest BCUT2D eigenvalue weighted by Gasteiger charge is 2.17. The van der Waals surface area contributed by atoms with Gasteiger partial charge in [-0.2, -0.15) is 0 Å². The summed E-state index contributed by atoms with van der Waals surface area (Å²) in [5.74, 6) is -0.764. The Bertz CT molecular complexity index is 395. The van der Waals surface area contributed by atoms with E-state index in [9.17, 15) is 4.79 Å². The van der Waals surface area contributed by atoms with E-state index in [1.54, 1.807) is 0 Å². The van der Waals surface area contributed by atoms with Gasteiger partial charge in [0.15, 0.2) is 0 Å². The second-order valence-electron chi connectivity index (χ2n) is 4.96. The molecule has 0 saturated heterocycles. The zero-order valence-electron chi connectivity index (χ0n) is 11.7. The fourth-order valence-electron chi connectivity index (χ4n) is 2.33. The molecule has 1 rings (SSSR count). The molecule has 18 heavy (non-hydrogen) atoms. The average molecular weight is 249 g/mol. The minimum Gasteiger partial charge on any atom is -0.480 e. The van der Waals surface area contributed by atoms with Crippen molar-refractivity contribution in [3.05, 3.63) is 34.9 Å². The normalized spacial score (nSPS) is 12.7. The lowest BCUT2D eigenvalue weighted by atomic mass is 10.0. The maximum absolute atomic E-state index is 10.9. The van der Waals surface area contributed by atoms with Gasteiger partial charge in [0, 0.05) is 6.04 Å². The SMILES string of the molecule is CCCN(CC(=O)O)C(C)c1cc(C)cc(C)c1. The van der Waals surface area contributed by atoms with E-state index in [4.69, 9.17) is 5.11 Å². The molecule has 0 fully saturated rings. The molecular weight excluding hydrogens is 226 g/mol. The van der Waals surface area contributed by atoms with E-state index >= 15 is 0 Å². The monoisotopic (exact) mass is 249 g/mol. The van der Waals surface area contributed by atoms with Crippen molar-refractivity contribution in [1.82, 2.24) is 4.90 Å². The summed E-state index contributed by atoms with van der Waals surface area (Å²) in [5.41, 5.74) is 3.65. The quantitative estimate of drug-likeness (QED) is 0.842. The van der Waals surface area contributed by atoms with E-state index in [-0.39, 0.29) is 12.6 Å². The van der Waals surface area contributed by atoms with Crippen LogP contribution >= 0.6 is 0 Å². The van der Waals surface area contributed by atoms with Crippen LogP contribution in [0.25, 0.3) is 0 Å². The first-order chi connectivity index (χ1) is 8.43. The van der Waals surface area contributed by atoms with Gasteiger partial charge in [0.1, 0.15) is 0 Å². The number of aryl methyl sites for hydroxylation is 2. The third kappa shape index (κ3) is 4.15. The molecule has 0 aromatic heterocycles. The zero-order valence-corrected chi connectivity index (χ0v) is 11.7. The summed E-state index contributed by atoms with van der Waals surface area (Å²) in [5, 5.41) is 8.97. The van der Waals surface area contributed by atoms with E-state index in [2.05, 4.69) is 45.9 Å². The van der Waals surface area contributed by atoms with Crippen LogP contribution in [0.4, 0.5) is 0 Å².